The Balaban J connectivity index is 0.000000188. The van der Waals surface area contributed by atoms with E-state index in [-0.39, 0.29) is 48.5 Å². The van der Waals surface area contributed by atoms with Gasteiger partial charge in [0.05, 0.1) is 35.1 Å². The molecule has 0 aromatic heterocycles. The number of hydrazine groups is 2. The summed E-state index contributed by atoms with van der Waals surface area (Å²) in [5.74, 6) is -1.07. The van der Waals surface area contributed by atoms with Crippen molar-refractivity contribution in [2.45, 2.75) is 51.6 Å². The maximum absolute atomic E-state index is 12.1. The Morgan fingerprint density at radius 2 is 1.06 bits per heavy atom. The van der Waals surface area contributed by atoms with Gasteiger partial charge in [-0.1, -0.05) is 24.3 Å². The fourth-order valence-corrected chi connectivity index (χ4v) is 6.24. The summed E-state index contributed by atoms with van der Waals surface area (Å²) < 4.78 is 9.85. The van der Waals surface area contributed by atoms with Crippen molar-refractivity contribution in [3.63, 3.8) is 0 Å². The lowest BCUT2D eigenvalue weighted by atomic mass is 10.0. The van der Waals surface area contributed by atoms with Crippen LogP contribution in [0.15, 0.2) is 72.1 Å². The number of rotatable bonds is 8. The predicted molar refractivity (Wildman–Crippen MR) is 167 cm³/mol. The molecule has 0 bridgehead atoms. The van der Waals surface area contributed by atoms with E-state index in [0.29, 0.717) is 50.2 Å². The average molecular weight is 663 g/mol. The van der Waals surface area contributed by atoms with Crippen molar-refractivity contribution in [1.82, 2.24) is 20.0 Å². The number of hydrogen-bond acceptors (Lipinski definition) is 12. The molecule has 2 aromatic carbocycles. The summed E-state index contributed by atoms with van der Waals surface area (Å²) in [7, 11) is 0. The standard InChI is InChI=1S/2C16H17N3O5/c2*1-2-24-16(21)10-13-9-14(17-8-7-15(20)18(13)17)11-3-5-12(6-4-11)19(22)23/h2*3-6,10,14H,2,7-9H2,1H3/b2*13-10+/t2*14-/m10/s1. The van der Waals surface area contributed by atoms with Crippen molar-refractivity contribution in [2.75, 3.05) is 26.3 Å². The third-order valence-corrected chi connectivity index (χ3v) is 8.28. The first kappa shape index (κ1) is 33.9. The second kappa shape index (κ2) is 14.5. The molecule has 0 unspecified atom stereocenters. The highest BCUT2D eigenvalue weighted by Gasteiger charge is 2.45. The SMILES string of the molecule is CCOC(=O)/C=C1\C[C@@H](c2ccc([N+](=O)[O-])cc2)N2CCC(=O)N12.CCOC(=O)/C=C1\C[C@H](c2ccc([N+](=O)[O-])cc2)N2CCC(=O)N12. The first-order valence-electron chi connectivity index (χ1n) is 15.4. The molecule has 4 saturated heterocycles. The molecule has 16 nitrogen and oxygen atoms in total. The second-order valence-electron chi connectivity index (χ2n) is 11.1. The van der Waals surface area contributed by atoms with Gasteiger partial charge in [-0.3, -0.25) is 29.8 Å². The summed E-state index contributed by atoms with van der Waals surface area (Å²) in [5.41, 5.74) is 2.97. The van der Waals surface area contributed by atoms with E-state index in [4.69, 9.17) is 9.47 Å². The van der Waals surface area contributed by atoms with Gasteiger partial charge in [0.25, 0.3) is 11.4 Å². The number of nitrogens with zero attached hydrogens (tertiary/aromatic N) is 6. The summed E-state index contributed by atoms with van der Waals surface area (Å²) in [6.07, 6.45) is 4.41. The number of carbonyl (C=O) groups is 4. The normalized spacial score (nSPS) is 22.0. The average Bonchev–Trinajstić information content (AvgIpc) is 3.82. The first-order valence-corrected chi connectivity index (χ1v) is 15.4. The van der Waals surface area contributed by atoms with Crippen LogP contribution in [0.5, 0.6) is 0 Å². The van der Waals surface area contributed by atoms with Crippen molar-refractivity contribution in [3.8, 4) is 0 Å². The van der Waals surface area contributed by atoms with Crippen molar-refractivity contribution in [2.24, 2.45) is 0 Å². The molecule has 0 aliphatic carbocycles. The Labute approximate surface area is 275 Å². The van der Waals surface area contributed by atoms with Gasteiger partial charge in [0.1, 0.15) is 0 Å². The molecule has 48 heavy (non-hydrogen) atoms. The second-order valence-corrected chi connectivity index (χ2v) is 11.1. The highest BCUT2D eigenvalue weighted by atomic mass is 16.6. The number of carbonyl (C=O) groups excluding carboxylic acids is 4. The van der Waals surface area contributed by atoms with Crippen LogP contribution in [0.4, 0.5) is 11.4 Å². The molecule has 6 rings (SSSR count). The molecule has 2 aromatic rings. The monoisotopic (exact) mass is 662 g/mol. The Bertz CT molecular complexity index is 1550. The molecule has 4 fully saturated rings. The summed E-state index contributed by atoms with van der Waals surface area (Å²) in [6, 6.07) is 12.3. The lowest BCUT2D eigenvalue weighted by molar-refractivity contribution is -0.385. The topological polar surface area (TPSA) is 186 Å². The van der Waals surface area contributed by atoms with Gasteiger partial charge < -0.3 is 9.47 Å². The zero-order chi connectivity index (χ0) is 34.5. The number of esters is 2. The van der Waals surface area contributed by atoms with E-state index in [1.54, 1.807) is 38.1 Å². The molecular weight excluding hydrogens is 628 g/mol. The zero-order valence-corrected chi connectivity index (χ0v) is 26.4. The van der Waals surface area contributed by atoms with Gasteiger partial charge in [0.2, 0.25) is 11.8 Å². The summed E-state index contributed by atoms with van der Waals surface area (Å²) >= 11 is 0. The van der Waals surface area contributed by atoms with Gasteiger partial charge >= 0.3 is 11.9 Å². The van der Waals surface area contributed by atoms with Crippen molar-refractivity contribution < 1.29 is 38.5 Å². The third-order valence-electron chi connectivity index (χ3n) is 8.28. The van der Waals surface area contributed by atoms with Gasteiger partial charge in [-0.05, 0) is 25.0 Å². The number of nitro groups is 2. The molecular formula is C32H34N6O10. The van der Waals surface area contributed by atoms with Crippen LogP contribution < -0.4 is 0 Å². The molecule has 2 amide bonds. The molecule has 4 aliphatic rings. The zero-order valence-electron chi connectivity index (χ0n) is 26.4. The quantitative estimate of drug-likeness (QED) is 0.172. The molecule has 4 heterocycles. The van der Waals surface area contributed by atoms with Crippen LogP contribution in [0.3, 0.4) is 0 Å². The Morgan fingerprint density at radius 3 is 1.38 bits per heavy atom. The van der Waals surface area contributed by atoms with Gasteiger partial charge in [0.15, 0.2) is 0 Å². The highest BCUT2D eigenvalue weighted by molar-refractivity contribution is 5.87. The van der Waals surface area contributed by atoms with Crippen molar-refractivity contribution >= 4 is 35.1 Å². The van der Waals surface area contributed by atoms with Gasteiger partial charge in [-0.25, -0.2) is 29.6 Å². The maximum atomic E-state index is 12.1. The van der Waals surface area contributed by atoms with E-state index < -0.39 is 21.8 Å². The smallest absolute Gasteiger partial charge is 0.332 e. The number of amides is 2. The Hall–Kier alpha value is -5.48. The molecule has 252 valence electrons. The molecule has 4 aliphatic heterocycles. The van der Waals surface area contributed by atoms with Crippen molar-refractivity contribution in [3.05, 3.63) is 103 Å². The number of fused-ring (bicyclic) bond motifs is 2. The van der Waals surface area contributed by atoms with E-state index in [9.17, 15) is 39.4 Å². The van der Waals surface area contributed by atoms with Crippen LogP contribution in [0.2, 0.25) is 0 Å². The van der Waals surface area contributed by atoms with Crippen LogP contribution in [-0.4, -0.2) is 79.9 Å². The van der Waals surface area contributed by atoms with Crippen LogP contribution in [0.25, 0.3) is 0 Å². The number of nitro benzene ring substituents is 2. The summed E-state index contributed by atoms with van der Waals surface area (Å²) in [5, 5.41) is 28.4. The van der Waals surface area contributed by atoms with E-state index in [0.717, 1.165) is 11.1 Å². The van der Waals surface area contributed by atoms with Crippen LogP contribution >= 0.6 is 0 Å². The van der Waals surface area contributed by atoms with Crippen LogP contribution in [-0.2, 0) is 28.7 Å². The van der Waals surface area contributed by atoms with Gasteiger partial charge in [-0.2, -0.15) is 0 Å². The number of ether oxygens (including phenoxy) is 2. The maximum Gasteiger partial charge on any atom is 0.332 e. The fourth-order valence-electron chi connectivity index (χ4n) is 6.24. The minimum Gasteiger partial charge on any atom is -0.463 e. The molecule has 0 spiro atoms. The summed E-state index contributed by atoms with van der Waals surface area (Å²) in [6.45, 7) is 5.09. The third kappa shape index (κ3) is 7.08. The number of benzene rings is 2. The van der Waals surface area contributed by atoms with Crippen molar-refractivity contribution in [1.29, 1.82) is 0 Å². The van der Waals surface area contributed by atoms with E-state index in [1.165, 1.54) is 46.4 Å². The minimum atomic E-state index is -0.475. The lowest BCUT2D eigenvalue weighted by Gasteiger charge is -2.24. The molecule has 16 heteroatoms. The van der Waals surface area contributed by atoms with Crippen LogP contribution in [0, 0.1) is 20.2 Å². The highest BCUT2D eigenvalue weighted by Crippen LogP contribution is 2.43. The number of non-ortho nitro benzene ring substituents is 2. The Kier molecular flexibility index (Phi) is 10.2. The van der Waals surface area contributed by atoms with E-state index in [2.05, 4.69) is 0 Å². The first-order chi connectivity index (χ1) is 23.0. The lowest BCUT2D eigenvalue weighted by Crippen LogP contribution is -2.32. The molecule has 0 saturated carbocycles. The van der Waals surface area contributed by atoms with Gasteiger partial charge in [-0.15, -0.1) is 0 Å². The molecule has 0 N–H and O–H groups in total. The van der Waals surface area contributed by atoms with Gasteiger partial charge in [0, 0.05) is 86.6 Å². The Morgan fingerprint density at radius 1 is 0.708 bits per heavy atom. The fraction of sp³-hybridized carbons (Fsp3) is 0.375. The molecule has 2 atom stereocenters. The minimum absolute atomic E-state index is 0.0217. The number of hydrogen-bond donors (Lipinski definition) is 0. The summed E-state index contributed by atoms with van der Waals surface area (Å²) in [4.78, 5) is 68.4. The van der Waals surface area contributed by atoms with E-state index in [1.807, 2.05) is 10.0 Å². The molecule has 0 radical (unpaired) electrons. The van der Waals surface area contributed by atoms with E-state index >= 15 is 0 Å². The van der Waals surface area contributed by atoms with Crippen LogP contribution in [0.1, 0.15) is 62.7 Å². The predicted octanol–water partition coefficient (Wildman–Crippen LogP) is 3.87. The largest absolute Gasteiger partial charge is 0.463 e.